The standard InChI is InChI=1S/C21H24N2O2S/c1-12-9-10-17(25-3)16(11-12)23-21(24)18-13(2)26-20-14-7-5-4-6-8-15(14)22-19(18)20/h9-11,22H,4-8H2,1-3H3,(H,23,24). The average molecular weight is 369 g/mol. The van der Waals surface area contributed by atoms with Crippen molar-refractivity contribution in [3.63, 3.8) is 0 Å². The monoisotopic (exact) mass is 368 g/mol. The second-order valence-corrected chi connectivity index (χ2v) is 8.26. The fraction of sp³-hybridized carbons (Fsp3) is 0.381. The molecule has 0 aliphatic heterocycles. The van der Waals surface area contributed by atoms with Crippen molar-refractivity contribution in [1.82, 2.24) is 4.98 Å². The van der Waals surface area contributed by atoms with E-state index in [1.54, 1.807) is 18.4 Å². The van der Waals surface area contributed by atoms with E-state index in [9.17, 15) is 4.79 Å². The van der Waals surface area contributed by atoms with Gasteiger partial charge in [-0.05, 0) is 62.8 Å². The van der Waals surface area contributed by atoms with Crippen LogP contribution in [0, 0.1) is 13.8 Å². The molecule has 1 aliphatic carbocycles. The number of methoxy groups -OCH3 is 1. The molecule has 2 N–H and O–H groups in total. The predicted molar refractivity (Wildman–Crippen MR) is 108 cm³/mol. The number of nitrogens with one attached hydrogen (secondary N) is 2. The Morgan fingerprint density at radius 2 is 2.00 bits per heavy atom. The van der Waals surface area contributed by atoms with E-state index in [0.29, 0.717) is 11.4 Å². The molecule has 4 rings (SSSR count). The second-order valence-electron chi connectivity index (χ2n) is 7.04. The van der Waals surface area contributed by atoms with E-state index in [2.05, 4.69) is 10.3 Å². The van der Waals surface area contributed by atoms with Crippen molar-refractivity contribution in [2.45, 2.75) is 46.0 Å². The van der Waals surface area contributed by atoms with Crippen LogP contribution in [-0.2, 0) is 12.8 Å². The zero-order valence-electron chi connectivity index (χ0n) is 15.5. The summed E-state index contributed by atoms with van der Waals surface area (Å²) in [5, 5.41) is 3.05. The molecule has 0 saturated carbocycles. The maximum Gasteiger partial charge on any atom is 0.259 e. The molecule has 0 unspecified atom stereocenters. The number of H-pyrrole nitrogens is 1. The first-order valence-corrected chi connectivity index (χ1v) is 9.99. The number of aromatic nitrogens is 1. The Balaban J connectivity index is 1.73. The van der Waals surface area contributed by atoms with Crippen molar-refractivity contribution in [2.75, 3.05) is 12.4 Å². The Bertz CT molecular complexity index is 984. The van der Waals surface area contributed by atoms with Crippen molar-refractivity contribution in [3.8, 4) is 5.75 Å². The minimum atomic E-state index is -0.0749. The molecular weight excluding hydrogens is 344 g/mol. The van der Waals surface area contributed by atoms with Gasteiger partial charge in [-0.2, -0.15) is 0 Å². The van der Waals surface area contributed by atoms with Gasteiger partial charge in [0.05, 0.1) is 28.6 Å². The maximum atomic E-state index is 13.1. The van der Waals surface area contributed by atoms with Crippen LogP contribution in [0.15, 0.2) is 18.2 Å². The van der Waals surface area contributed by atoms with Crippen molar-refractivity contribution in [2.24, 2.45) is 0 Å². The molecule has 0 atom stereocenters. The molecule has 0 saturated heterocycles. The third-order valence-corrected chi connectivity index (χ3v) is 6.35. The van der Waals surface area contributed by atoms with E-state index in [4.69, 9.17) is 4.74 Å². The number of hydrogen-bond acceptors (Lipinski definition) is 3. The minimum Gasteiger partial charge on any atom is -0.495 e. The first-order chi connectivity index (χ1) is 12.6. The normalized spacial score (nSPS) is 14.1. The predicted octanol–water partition coefficient (Wildman–Crippen LogP) is 5.38. The van der Waals surface area contributed by atoms with Crippen molar-refractivity contribution in [1.29, 1.82) is 0 Å². The number of thiophene rings is 1. The van der Waals surface area contributed by atoms with E-state index >= 15 is 0 Å². The lowest BCUT2D eigenvalue weighted by molar-refractivity contribution is 0.102. The Morgan fingerprint density at radius 1 is 1.19 bits per heavy atom. The number of hydrogen-bond donors (Lipinski definition) is 2. The fourth-order valence-corrected chi connectivity index (χ4v) is 5.08. The summed E-state index contributed by atoms with van der Waals surface area (Å²) in [6, 6.07) is 5.81. The first-order valence-electron chi connectivity index (χ1n) is 9.17. The highest BCUT2D eigenvalue weighted by molar-refractivity contribution is 7.19. The van der Waals surface area contributed by atoms with Gasteiger partial charge in [0.2, 0.25) is 0 Å². The molecule has 0 spiro atoms. The van der Waals surface area contributed by atoms with Gasteiger partial charge in [0, 0.05) is 10.6 Å². The van der Waals surface area contributed by atoms with Crippen LogP contribution in [0.3, 0.4) is 0 Å². The van der Waals surface area contributed by atoms with Crippen LogP contribution in [0.5, 0.6) is 5.75 Å². The summed E-state index contributed by atoms with van der Waals surface area (Å²) < 4.78 is 6.66. The summed E-state index contributed by atoms with van der Waals surface area (Å²) in [6.45, 7) is 4.04. The Hall–Kier alpha value is -2.27. The zero-order chi connectivity index (χ0) is 18.3. The lowest BCUT2D eigenvalue weighted by atomic mass is 10.1. The second kappa shape index (κ2) is 6.80. The molecule has 136 valence electrons. The number of fused-ring (bicyclic) bond motifs is 3. The smallest absolute Gasteiger partial charge is 0.259 e. The lowest BCUT2D eigenvalue weighted by Crippen LogP contribution is -2.13. The van der Waals surface area contributed by atoms with Crippen LogP contribution in [0.2, 0.25) is 0 Å². The average Bonchev–Trinajstić information content (AvgIpc) is 2.98. The topological polar surface area (TPSA) is 54.1 Å². The van der Waals surface area contributed by atoms with Crippen LogP contribution in [-0.4, -0.2) is 18.0 Å². The Morgan fingerprint density at radius 3 is 2.81 bits per heavy atom. The fourth-order valence-electron chi connectivity index (χ4n) is 3.88. The molecule has 0 fully saturated rings. The quantitative estimate of drug-likeness (QED) is 0.610. The Labute approximate surface area is 157 Å². The number of aryl methyl sites for hydroxylation is 4. The molecule has 2 heterocycles. The SMILES string of the molecule is COc1ccc(C)cc1NC(=O)c1c(C)sc2c3c([nH]c12)CCCCC3. The number of benzene rings is 1. The maximum absolute atomic E-state index is 13.1. The van der Waals surface area contributed by atoms with E-state index in [1.807, 2.05) is 32.0 Å². The zero-order valence-corrected chi connectivity index (χ0v) is 16.3. The highest BCUT2D eigenvalue weighted by atomic mass is 32.1. The van der Waals surface area contributed by atoms with E-state index in [1.165, 1.54) is 35.2 Å². The van der Waals surface area contributed by atoms with E-state index in [-0.39, 0.29) is 5.91 Å². The molecule has 0 radical (unpaired) electrons. The molecule has 3 aromatic rings. The van der Waals surface area contributed by atoms with E-state index < -0.39 is 0 Å². The number of aromatic amines is 1. The highest BCUT2D eigenvalue weighted by Gasteiger charge is 2.24. The third kappa shape index (κ3) is 2.90. The van der Waals surface area contributed by atoms with Gasteiger partial charge in [0.15, 0.2) is 0 Å². The van der Waals surface area contributed by atoms with E-state index in [0.717, 1.165) is 34.4 Å². The molecule has 26 heavy (non-hydrogen) atoms. The van der Waals surface area contributed by atoms with Crippen molar-refractivity contribution in [3.05, 3.63) is 45.5 Å². The number of ether oxygens (including phenoxy) is 1. The van der Waals surface area contributed by atoms with Crippen LogP contribution in [0.4, 0.5) is 5.69 Å². The highest BCUT2D eigenvalue weighted by Crippen LogP contribution is 2.38. The van der Waals surface area contributed by atoms with Gasteiger partial charge in [-0.25, -0.2) is 0 Å². The number of amides is 1. The van der Waals surface area contributed by atoms with Gasteiger partial charge in [0.25, 0.3) is 5.91 Å². The third-order valence-electron chi connectivity index (χ3n) is 5.18. The first kappa shape index (κ1) is 17.2. The summed E-state index contributed by atoms with van der Waals surface area (Å²) in [4.78, 5) is 17.7. The van der Waals surface area contributed by atoms with Crippen molar-refractivity contribution < 1.29 is 9.53 Å². The summed E-state index contributed by atoms with van der Waals surface area (Å²) in [6.07, 6.45) is 5.94. The van der Waals surface area contributed by atoms with Crippen LogP contribution < -0.4 is 10.1 Å². The van der Waals surface area contributed by atoms with Gasteiger partial charge in [0.1, 0.15) is 5.75 Å². The summed E-state index contributed by atoms with van der Waals surface area (Å²) in [5.74, 6) is 0.601. The van der Waals surface area contributed by atoms with Crippen LogP contribution in [0.1, 0.15) is 51.3 Å². The minimum absolute atomic E-state index is 0.0749. The molecule has 2 aromatic heterocycles. The molecule has 1 aliphatic rings. The molecule has 1 amide bonds. The summed E-state index contributed by atoms with van der Waals surface area (Å²) in [7, 11) is 1.62. The number of carbonyl (C=O) groups excluding carboxylic acids is 1. The van der Waals surface area contributed by atoms with Gasteiger partial charge in [-0.15, -0.1) is 11.3 Å². The number of anilines is 1. The van der Waals surface area contributed by atoms with Crippen LogP contribution >= 0.6 is 11.3 Å². The van der Waals surface area contributed by atoms with Gasteiger partial charge in [-0.1, -0.05) is 12.5 Å². The van der Waals surface area contributed by atoms with Gasteiger partial charge in [-0.3, -0.25) is 4.79 Å². The molecule has 0 bridgehead atoms. The molecule has 1 aromatic carbocycles. The van der Waals surface area contributed by atoms with Gasteiger partial charge >= 0.3 is 0 Å². The van der Waals surface area contributed by atoms with Gasteiger partial charge < -0.3 is 15.0 Å². The molecular formula is C21H24N2O2S. The Kier molecular flexibility index (Phi) is 4.49. The largest absolute Gasteiger partial charge is 0.495 e. The van der Waals surface area contributed by atoms with Crippen molar-refractivity contribution >= 4 is 33.1 Å². The molecule has 4 nitrogen and oxygen atoms in total. The van der Waals surface area contributed by atoms with Crippen LogP contribution in [0.25, 0.3) is 10.2 Å². The lowest BCUT2D eigenvalue weighted by Gasteiger charge is -2.11. The summed E-state index contributed by atoms with van der Waals surface area (Å²) >= 11 is 1.74. The number of carbonyl (C=O) groups is 1. The molecule has 5 heteroatoms. The summed E-state index contributed by atoms with van der Waals surface area (Å²) in [5.41, 5.74) is 6.32. The number of rotatable bonds is 3.